The van der Waals surface area contributed by atoms with Crippen molar-refractivity contribution < 1.29 is 24.9 Å². The summed E-state index contributed by atoms with van der Waals surface area (Å²) in [7, 11) is 0. The number of carboxylic acid groups (broad SMARTS) is 1. The number of rotatable bonds is 7. The summed E-state index contributed by atoms with van der Waals surface area (Å²) < 4.78 is 7.28. The maximum Gasteiger partial charge on any atom is 0.320 e. The van der Waals surface area contributed by atoms with Gasteiger partial charge in [-0.15, -0.1) is 0 Å². The standard InChI is InChI=1S/C16H20N6O5S/c17-3-7-4-22(14-10(7)13(19)20-6-21-14)15-12(24)11(23)9(27-15)5-28-2-1-8(18)16(25)26/h4,6,8-9,11-12,15,23-24H,1-2,5,18H2,(H,25,26)(H2,19,20,21)/t8-,9-,11-,12-,15-/m0/s1. The summed E-state index contributed by atoms with van der Waals surface area (Å²) in [6, 6.07) is 1.07. The summed E-state index contributed by atoms with van der Waals surface area (Å²) in [5.74, 6) is -0.129. The van der Waals surface area contributed by atoms with Gasteiger partial charge in [0.15, 0.2) is 6.23 Å². The van der Waals surface area contributed by atoms with Crippen molar-refractivity contribution in [2.75, 3.05) is 17.2 Å². The fourth-order valence-corrected chi connectivity index (χ4v) is 4.11. The van der Waals surface area contributed by atoms with Crippen LogP contribution in [0, 0.1) is 11.3 Å². The first-order valence-electron chi connectivity index (χ1n) is 8.44. The molecule has 1 aliphatic heterocycles. The minimum atomic E-state index is -1.25. The number of anilines is 1. The average molecular weight is 408 g/mol. The molecule has 2 aromatic heterocycles. The number of ether oxygens (including phenoxy) is 1. The number of hydrogen-bond acceptors (Lipinski definition) is 10. The van der Waals surface area contributed by atoms with Crippen LogP contribution in [0.4, 0.5) is 5.82 Å². The number of aromatic nitrogens is 3. The molecule has 0 aliphatic carbocycles. The van der Waals surface area contributed by atoms with Gasteiger partial charge in [-0.1, -0.05) is 0 Å². The zero-order valence-corrected chi connectivity index (χ0v) is 15.5. The van der Waals surface area contributed by atoms with Gasteiger partial charge >= 0.3 is 5.97 Å². The molecule has 11 nitrogen and oxygen atoms in total. The number of aliphatic hydroxyl groups excluding tert-OH is 2. The molecule has 7 N–H and O–H groups in total. The highest BCUT2D eigenvalue weighted by Crippen LogP contribution is 2.35. The normalized spacial score (nSPS) is 25.6. The van der Waals surface area contributed by atoms with Gasteiger partial charge in [-0.25, -0.2) is 9.97 Å². The topological polar surface area (TPSA) is 194 Å². The number of aliphatic hydroxyl groups is 2. The summed E-state index contributed by atoms with van der Waals surface area (Å²) in [6.45, 7) is 0. The SMILES string of the molecule is N#Cc1cn([C@H]2O[C@@H](CSCC[C@H](N)C(=O)O)[C@H](O)[C@@H]2O)c2ncnc(N)c12. The van der Waals surface area contributed by atoms with Crippen LogP contribution in [-0.2, 0) is 9.53 Å². The van der Waals surface area contributed by atoms with Crippen molar-refractivity contribution in [3.8, 4) is 6.07 Å². The highest BCUT2D eigenvalue weighted by molar-refractivity contribution is 7.99. The van der Waals surface area contributed by atoms with E-state index in [1.165, 1.54) is 28.9 Å². The fraction of sp³-hybridized carbons (Fsp3) is 0.500. The van der Waals surface area contributed by atoms with Crippen LogP contribution < -0.4 is 11.5 Å². The Hall–Kier alpha value is -2.43. The first-order chi connectivity index (χ1) is 13.3. The lowest BCUT2D eigenvalue weighted by Crippen LogP contribution is -2.33. The number of nitriles is 1. The molecule has 28 heavy (non-hydrogen) atoms. The van der Waals surface area contributed by atoms with Gasteiger partial charge in [0.2, 0.25) is 0 Å². The van der Waals surface area contributed by atoms with Gasteiger partial charge in [-0.05, 0) is 12.2 Å². The van der Waals surface area contributed by atoms with Gasteiger partial charge in [-0.2, -0.15) is 17.0 Å². The lowest BCUT2D eigenvalue weighted by molar-refractivity contribution is -0.138. The second-order valence-electron chi connectivity index (χ2n) is 6.37. The number of nitrogens with two attached hydrogens (primary N) is 2. The van der Waals surface area contributed by atoms with Crippen LogP contribution in [0.1, 0.15) is 18.2 Å². The molecule has 0 amide bonds. The van der Waals surface area contributed by atoms with E-state index >= 15 is 0 Å². The van der Waals surface area contributed by atoms with Gasteiger partial charge in [-0.3, -0.25) is 4.79 Å². The molecule has 2 aromatic rings. The van der Waals surface area contributed by atoms with Crippen LogP contribution in [0.5, 0.6) is 0 Å². The Morgan fingerprint density at radius 1 is 1.43 bits per heavy atom. The monoisotopic (exact) mass is 408 g/mol. The Labute approximate surface area is 163 Å². The molecule has 0 bridgehead atoms. The Morgan fingerprint density at radius 2 is 2.18 bits per heavy atom. The van der Waals surface area contributed by atoms with Crippen molar-refractivity contribution in [1.82, 2.24) is 14.5 Å². The first kappa shape index (κ1) is 20.3. The molecule has 1 saturated heterocycles. The van der Waals surface area contributed by atoms with Crippen LogP contribution in [0.15, 0.2) is 12.5 Å². The van der Waals surface area contributed by atoms with E-state index < -0.39 is 36.6 Å². The Bertz CT molecular complexity index is 915. The zero-order valence-electron chi connectivity index (χ0n) is 14.7. The number of carbonyl (C=O) groups is 1. The van der Waals surface area contributed by atoms with Crippen LogP contribution in [0.2, 0.25) is 0 Å². The third-order valence-corrected chi connectivity index (χ3v) is 5.63. The minimum absolute atomic E-state index is 0.134. The molecule has 0 spiro atoms. The summed E-state index contributed by atoms with van der Waals surface area (Å²) in [5.41, 5.74) is 11.8. The van der Waals surface area contributed by atoms with Gasteiger partial charge in [0.25, 0.3) is 0 Å². The zero-order chi connectivity index (χ0) is 20.4. The van der Waals surface area contributed by atoms with Gasteiger partial charge < -0.3 is 36.1 Å². The predicted molar refractivity (Wildman–Crippen MR) is 100 cm³/mol. The number of carboxylic acids is 1. The van der Waals surface area contributed by atoms with Gasteiger partial charge in [0.1, 0.15) is 42.1 Å². The third kappa shape index (κ3) is 3.75. The molecule has 150 valence electrons. The maximum atomic E-state index is 10.7. The van der Waals surface area contributed by atoms with E-state index in [4.69, 9.17) is 21.3 Å². The summed E-state index contributed by atoms with van der Waals surface area (Å²) >= 11 is 1.37. The molecule has 3 rings (SSSR count). The summed E-state index contributed by atoms with van der Waals surface area (Å²) in [6.07, 6.45) is -1.07. The van der Waals surface area contributed by atoms with Crippen molar-refractivity contribution >= 4 is 34.6 Å². The van der Waals surface area contributed by atoms with E-state index in [2.05, 4.69) is 9.97 Å². The molecule has 5 atom stereocenters. The maximum absolute atomic E-state index is 10.7. The van der Waals surface area contributed by atoms with Gasteiger partial charge in [0.05, 0.1) is 17.1 Å². The van der Waals surface area contributed by atoms with Crippen molar-refractivity contribution in [2.45, 2.75) is 37.0 Å². The van der Waals surface area contributed by atoms with Gasteiger partial charge in [0, 0.05) is 11.9 Å². The first-order valence-corrected chi connectivity index (χ1v) is 9.59. The Kier molecular flexibility index (Phi) is 6.01. The molecular formula is C16H20N6O5S. The van der Waals surface area contributed by atoms with Crippen LogP contribution in [0.25, 0.3) is 11.0 Å². The third-order valence-electron chi connectivity index (χ3n) is 4.54. The lowest BCUT2D eigenvalue weighted by Gasteiger charge is -2.17. The van der Waals surface area contributed by atoms with Crippen molar-refractivity contribution in [3.05, 3.63) is 18.1 Å². The smallest absolute Gasteiger partial charge is 0.320 e. The van der Waals surface area contributed by atoms with Crippen molar-refractivity contribution in [3.63, 3.8) is 0 Å². The number of fused-ring (bicyclic) bond motifs is 1. The highest BCUT2D eigenvalue weighted by Gasteiger charge is 2.44. The number of nitrogens with zero attached hydrogens (tertiary/aromatic N) is 4. The molecule has 0 saturated carbocycles. The van der Waals surface area contributed by atoms with Crippen molar-refractivity contribution in [1.29, 1.82) is 5.26 Å². The minimum Gasteiger partial charge on any atom is -0.480 e. The molecule has 1 fully saturated rings. The fourth-order valence-electron chi connectivity index (χ4n) is 3.02. The number of hydrogen-bond donors (Lipinski definition) is 5. The van der Waals surface area contributed by atoms with Crippen LogP contribution in [0.3, 0.4) is 0 Å². The van der Waals surface area contributed by atoms with Crippen LogP contribution in [-0.4, -0.2) is 71.7 Å². The largest absolute Gasteiger partial charge is 0.480 e. The van der Waals surface area contributed by atoms with E-state index in [1.54, 1.807) is 0 Å². The number of thioether (sulfide) groups is 1. The molecule has 3 heterocycles. The number of nitrogen functional groups attached to an aromatic ring is 1. The van der Waals surface area contributed by atoms with E-state index in [0.29, 0.717) is 22.5 Å². The lowest BCUT2D eigenvalue weighted by atomic mass is 10.1. The van der Waals surface area contributed by atoms with E-state index in [-0.39, 0.29) is 17.8 Å². The molecule has 1 aliphatic rings. The van der Waals surface area contributed by atoms with Crippen molar-refractivity contribution in [2.24, 2.45) is 5.73 Å². The van der Waals surface area contributed by atoms with E-state index in [1.807, 2.05) is 6.07 Å². The molecule has 12 heteroatoms. The van der Waals surface area contributed by atoms with E-state index in [9.17, 15) is 20.3 Å². The molecule has 0 aromatic carbocycles. The molecule has 0 unspecified atom stereocenters. The quantitative estimate of drug-likeness (QED) is 0.354. The van der Waals surface area contributed by atoms with E-state index in [0.717, 1.165) is 0 Å². The summed E-state index contributed by atoms with van der Waals surface area (Å²) in [5, 5.41) is 39.3. The highest BCUT2D eigenvalue weighted by atomic mass is 32.2. The Balaban J connectivity index is 1.73. The number of aliphatic carboxylic acids is 1. The predicted octanol–water partition coefficient (Wildman–Crippen LogP) is -0.960. The molecule has 0 radical (unpaired) electrons. The van der Waals surface area contributed by atoms with Crippen LogP contribution >= 0.6 is 11.8 Å². The average Bonchev–Trinajstić information content (AvgIpc) is 3.18. The Morgan fingerprint density at radius 3 is 2.86 bits per heavy atom. The summed E-state index contributed by atoms with van der Waals surface area (Å²) in [4.78, 5) is 18.7. The second kappa shape index (κ2) is 8.29. The second-order valence-corrected chi connectivity index (χ2v) is 7.52. The molecular weight excluding hydrogens is 388 g/mol.